The van der Waals surface area contributed by atoms with E-state index in [4.69, 9.17) is 4.74 Å². The second-order valence-electron chi connectivity index (χ2n) is 3.39. The fourth-order valence-corrected chi connectivity index (χ4v) is 2.47. The molecule has 0 unspecified atom stereocenters. The van der Waals surface area contributed by atoms with E-state index in [9.17, 15) is 0 Å². The largest absolute Gasteiger partial charge is 0.459 e. The highest BCUT2D eigenvalue weighted by Gasteiger charge is 2.17. The number of ether oxygens (including phenoxy) is 1. The van der Waals surface area contributed by atoms with E-state index < -0.39 is 0 Å². The van der Waals surface area contributed by atoms with Crippen molar-refractivity contribution < 1.29 is 4.74 Å². The van der Waals surface area contributed by atoms with Crippen LogP contribution in [0.5, 0.6) is 5.75 Å². The van der Waals surface area contributed by atoms with Gasteiger partial charge in [0.25, 0.3) is 0 Å². The molecule has 1 aromatic rings. The fraction of sp³-hybridized carbons (Fsp3) is 0.231. The van der Waals surface area contributed by atoms with Gasteiger partial charge in [-0.2, -0.15) is 0 Å². The zero-order valence-electron chi connectivity index (χ0n) is 8.82. The number of para-hydroxylation sites is 1. The molecule has 0 saturated heterocycles. The molecule has 0 radical (unpaired) electrons. The minimum absolute atomic E-state index is 0.969. The zero-order valence-corrected chi connectivity index (χ0v) is 9.64. The van der Waals surface area contributed by atoms with Gasteiger partial charge in [0.05, 0.1) is 9.80 Å². The molecule has 0 spiro atoms. The van der Waals surface area contributed by atoms with Gasteiger partial charge in [-0.15, -0.1) is 0 Å². The van der Waals surface area contributed by atoms with E-state index in [1.807, 2.05) is 24.3 Å². The van der Waals surface area contributed by atoms with Crippen LogP contribution in [0.3, 0.4) is 0 Å². The molecular formula is C13H14OS. The summed E-state index contributed by atoms with van der Waals surface area (Å²) in [4.78, 5) is 2.32. The SMILES string of the molecule is C=CC1=C(CCC)Oc2ccccc2S1. The maximum absolute atomic E-state index is 5.86. The van der Waals surface area contributed by atoms with Gasteiger partial charge in [0, 0.05) is 6.42 Å². The Labute approximate surface area is 94.8 Å². The second-order valence-corrected chi connectivity index (χ2v) is 4.48. The van der Waals surface area contributed by atoms with E-state index in [-0.39, 0.29) is 0 Å². The minimum atomic E-state index is 0.969. The first kappa shape index (κ1) is 10.4. The molecule has 2 heteroatoms. The lowest BCUT2D eigenvalue weighted by molar-refractivity contribution is 0.388. The first-order valence-electron chi connectivity index (χ1n) is 5.15. The number of allylic oxidation sites excluding steroid dienone is 2. The third-order valence-corrected chi connectivity index (χ3v) is 3.41. The normalized spacial score (nSPS) is 14.5. The Morgan fingerprint density at radius 3 is 2.93 bits per heavy atom. The lowest BCUT2D eigenvalue weighted by Crippen LogP contribution is -2.03. The molecule has 0 aliphatic carbocycles. The van der Waals surface area contributed by atoms with Crippen molar-refractivity contribution in [2.24, 2.45) is 0 Å². The number of hydrogen-bond acceptors (Lipinski definition) is 2. The summed E-state index contributed by atoms with van der Waals surface area (Å²) in [5.41, 5.74) is 0. The first-order chi connectivity index (χ1) is 7.35. The van der Waals surface area contributed by atoms with Crippen molar-refractivity contribution in [1.29, 1.82) is 0 Å². The summed E-state index contributed by atoms with van der Waals surface area (Å²) in [5.74, 6) is 2.02. The Bertz CT molecular complexity index is 407. The average molecular weight is 218 g/mol. The topological polar surface area (TPSA) is 9.23 Å². The standard InChI is InChI=1S/C13H14OS/c1-3-7-10-12(4-2)15-13-9-6-5-8-11(13)14-10/h4-6,8-9H,2-3,7H2,1H3. The Kier molecular flexibility index (Phi) is 3.17. The van der Waals surface area contributed by atoms with Crippen molar-refractivity contribution in [2.45, 2.75) is 24.7 Å². The van der Waals surface area contributed by atoms with Crippen LogP contribution in [0.15, 0.2) is 52.5 Å². The van der Waals surface area contributed by atoms with Gasteiger partial charge in [-0.1, -0.05) is 43.5 Å². The van der Waals surface area contributed by atoms with Crippen LogP contribution in [-0.2, 0) is 0 Å². The number of benzene rings is 1. The molecule has 1 aliphatic heterocycles. The van der Waals surface area contributed by atoms with Crippen molar-refractivity contribution in [1.82, 2.24) is 0 Å². The molecule has 1 aliphatic rings. The molecule has 0 atom stereocenters. The Morgan fingerprint density at radius 1 is 1.40 bits per heavy atom. The van der Waals surface area contributed by atoms with Crippen LogP contribution in [0.25, 0.3) is 0 Å². The summed E-state index contributed by atoms with van der Waals surface area (Å²) in [6.45, 7) is 5.99. The molecule has 1 aromatic carbocycles. The molecule has 2 rings (SSSR count). The molecule has 0 saturated carbocycles. The molecule has 0 N–H and O–H groups in total. The van der Waals surface area contributed by atoms with Gasteiger partial charge >= 0.3 is 0 Å². The van der Waals surface area contributed by atoms with Gasteiger partial charge in [0.1, 0.15) is 11.5 Å². The van der Waals surface area contributed by atoms with Crippen LogP contribution in [0.1, 0.15) is 19.8 Å². The van der Waals surface area contributed by atoms with E-state index in [2.05, 4.69) is 19.6 Å². The maximum Gasteiger partial charge on any atom is 0.140 e. The van der Waals surface area contributed by atoms with Crippen LogP contribution in [0.2, 0.25) is 0 Å². The van der Waals surface area contributed by atoms with E-state index in [0.29, 0.717) is 0 Å². The predicted octanol–water partition coefficient (Wildman–Crippen LogP) is 4.37. The van der Waals surface area contributed by atoms with Gasteiger partial charge < -0.3 is 4.74 Å². The monoisotopic (exact) mass is 218 g/mol. The molecule has 0 fully saturated rings. The summed E-state index contributed by atoms with van der Waals surface area (Å²) in [6, 6.07) is 8.12. The first-order valence-corrected chi connectivity index (χ1v) is 5.97. The van der Waals surface area contributed by atoms with E-state index in [0.717, 1.165) is 29.3 Å². The predicted molar refractivity (Wildman–Crippen MR) is 65.1 cm³/mol. The number of thioether (sulfide) groups is 1. The van der Waals surface area contributed by atoms with Crippen molar-refractivity contribution in [3.8, 4) is 5.75 Å². The lowest BCUT2D eigenvalue weighted by Gasteiger charge is -2.20. The molecule has 1 heterocycles. The molecule has 78 valence electrons. The Morgan fingerprint density at radius 2 is 2.20 bits per heavy atom. The van der Waals surface area contributed by atoms with E-state index >= 15 is 0 Å². The van der Waals surface area contributed by atoms with E-state index in [1.54, 1.807) is 11.8 Å². The lowest BCUT2D eigenvalue weighted by atomic mass is 10.2. The Balaban J connectivity index is 2.33. The average Bonchev–Trinajstić information content (AvgIpc) is 2.28. The van der Waals surface area contributed by atoms with Crippen molar-refractivity contribution >= 4 is 11.8 Å². The zero-order chi connectivity index (χ0) is 10.7. The highest BCUT2D eigenvalue weighted by atomic mass is 32.2. The van der Waals surface area contributed by atoms with Gasteiger partial charge in [0.2, 0.25) is 0 Å². The van der Waals surface area contributed by atoms with Gasteiger partial charge in [-0.05, 0) is 18.6 Å². The van der Waals surface area contributed by atoms with Crippen LogP contribution in [0, 0.1) is 0 Å². The van der Waals surface area contributed by atoms with Crippen molar-refractivity contribution in [2.75, 3.05) is 0 Å². The van der Waals surface area contributed by atoms with Gasteiger partial charge in [0.15, 0.2) is 0 Å². The van der Waals surface area contributed by atoms with Crippen LogP contribution < -0.4 is 4.74 Å². The van der Waals surface area contributed by atoms with Crippen molar-refractivity contribution in [3.05, 3.63) is 47.6 Å². The number of hydrogen-bond donors (Lipinski definition) is 0. The van der Waals surface area contributed by atoms with Crippen LogP contribution in [0.4, 0.5) is 0 Å². The highest BCUT2D eigenvalue weighted by molar-refractivity contribution is 8.03. The molecule has 0 aromatic heterocycles. The number of rotatable bonds is 3. The van der Waals surface area contributed by atoms with Gasteiger partial charge in [-0.3, -0.25) is 0 Å². The Hall–Kier alpha value is -1.15. The third kappa shape index (κ3) is 2.10. The smallest absolute Gasteiger partial charge is 0.140 e. The summed E-state index contributed by atoms with van der Waals surface area (Å²) in [6.07, 6.45) is 3.95. The molecular weight excluding hydrogens is 204 g/mol. The summed E-state index contributed by atoms with van der Waals surface area (Å²) >= 11 is 1.74. The minimum Gasteiger partial charge on any atom is -0.459 e. The molecule has 0 bridgehead atoms. The van der Waals surface area contributed by atoms with E-state index in [1.165, 1.54) is 4.90 Å². The van der Waals surface area contributed by atoms with Gasteiger partial charge in [-0.25, -0.2) is 0 Å². The molecule has 1 nitrogen and oxygen atoms in total. The molecule has 15 heavy (non-hydrogen) atoms. The quantitative estimate of drug-likeness (QED) is 0.745. The van der Waals surface area contributed by atoms with Crippen molar-refractivity contribution in [3.63, 3.8) is 0 Å². The third-order valence-electron chi connectivity index (χ3n) is 2.24. The second kappa shape index (κ2) is 4.58. The summed E-state index contributed by atoms with van der Waals surface area (Å²) in [5, 5.41) is 0. The highest BCUT2D eigenvalue weighted by Crippen LogP contribution is 2.42. The maximum atomic E-state index is 5.86. The van der Waals surface area contributed by atoms with Crippen LogP contribution in [-0.4, -0.2) is 0 Å². The number of fused-ring (bicyclic) bond motifs is 1. The van der Waals surface area contributed by atoms with Crippen LogP contribution >= 0.6 is 11.8 Å². The fourth-order valence-electron chi connectivity index (χ4n) is 1.53. The molecule has 0 amide bonds. The summed E-state index contributed by atoms with van der Waals surface area (Å²) in [7, 11) is 0. The summed E-state index contributed by atoms with van der Waals surface area (Å²) < 4.78 is 5.86.